The lowest BCUT2D eigenvalue weighted by atomic mass is 10.0. The van der Waals surface area contributed by atoms with Gasteiger partial charge in [-0.2, -0.15) is 0 Å². The zero-order valence-electron chi connectivity index (χ0n) is 9.95. The smallest absolute Gasteiger partial charge is 0.0962 e. The maximum atomic E-state index is 5.47. The average molecular weight is 223 g/mol. The van der Waals surface area contributed by atoms with Crippen molar-refractivity contribution >= 4 is 0 Å². The van der Waals surface area contributed by atoms with Crippen LogP contribution in [0.1, 0.15) is 31.9 Å². The van der Waals surface area contributed by atoms with E-state index in [1.54, 1.807) is 0 Å². The normalized spacial score (nSPS) is 17.6. The fourth-order valence-corrected chi connectivity index (χ4v) is 1.92. The minimum Gasteiger partial charge on any atom is -0.325 e. The van der Waals surface area contributed by atoms with E-state index in [0.29, 0.717) is 12.0 Å². The summed E-state index contributed by atoms with van der Waals surface area (Å²) in [4.78, 5) is 0. The van der Waals surface area contributed by atoms with E-state index in [2.05, 4.69) is 22.6 Å². The van der Waals surface area contributed by atoms with Gasteiger partial charge >= 0.3 is 0 Å². The van der Waals surface area contributed by atoms with Crippen LogP contribution < -0.4 is 11.1 Å². The standard InChI is InChI=1S/C11H21N5/c1-2-11(3-4-11)9-13-5-6-16-8-10(7-12)14-15-16/h8,13H,2-7,9,12H2,1H3. The molecule has 1 aromatic rings. The molecule has 16 heavy (non-hydrogen) atoms. The summed E-state index contributed by atoms with van der Waals surface area (Å²) in [5, 5.41) is 11.4. The van der Waals surface area contributed by atoms with Crippen molar-refractivity contribution in [2.45, 2.75) is 39.3 Å². The Morgan fingerprint density at radius 2 is 2.38 bits per heavy atom. The predicted molar refractivity (Wildman–Crippen MR) is 62.7 cm³/mol. The summed E-state index contributed by atoms with van der Waals surface area (Å²) in [6.45, 7) is 5.70. The Kier molecular flexibility index (Phi) is 3.56. The van der Waals surface area contributed by atoms with Crippen LogP contribution in [0.4, 0.5) is 0 Å². The van der Waals surface area contributed by atoms with Crippen molar-refractivity contribution in [1.29, 1.82) is 0 Å². The SMILES string of the molecule is CCC1(CNCCn2cc(CN)nn2)CC1. The van der Waals surface area contributed by atoms with E-state index in [-0.39, 0.29) is 0 Å². The summed E-state index contributed by atoms with van der Waals surface area (Å²) in [7, 11) is 0. The van der Waals surface area contributed by atoms with E-state index in [1.807, 2.05) is 10.9 Å². The van der Waals surface area contributed by atoms with Crippen LogP contribution in [0.2, 0.25) is 0 Å². The molecule has 1 fully saturated rings. The lowest BCUT2D eigenvalue weighted by molar-refractivity contribution is 0.428. The van der Waals surface area contributed by atoms with Gasteiger partial charge in [0.25, 0.3) is 0 Å². The summed E-state index contributed by atoms with van der Waals surface area (Å²) in [6, 6.07) is 0. The number of rotatable bonds is 7. The second-order valence-corrected chi connectivity index (χ2v) is 4.71. The van der Waals surface area contributed by atoms with Crippen molar-refractivity contribution in [3.8, 4) is 0 Å². The Morgan fingerprint density at radius 1 is 1.56 bits per heavy atom. The molecule has 0 aliphatic heterocycles. The first-order valence-corrected chi connectivity index (χ1v) is 6.08. The zero-order chi connectivity index (χ0) is 11.4. The number of nitrogens with zero attached hydrogens (tertiary/aromatic N) is 3. The molecule has 1 aliphatic rings. The third kappa shape index (κ3) is 2.80. The average Bonchev–Trinajstić information content (AvgIpc) is 2.95. The molecule has 1 saturated carbocycles. The number of nitrogens with one attached hydrogen (secondary N) is 1. The minimum atomic E-state index is 0.465. The van der Waals surface area contributed by atoms with Crippen LogP contribution in [0.3, 0.4) is 0 Å². The number of aromatic nitrogens is 3. The van der Waals surface area contributed by atoms with Crippen molar-refractivity contribution in [2.75, 3.05) is 13.1 Å². The molecular weight excluding hydrogens is 202 g/mol. The molecule has 0 radical (unpaired) electrons. The highest BCUT2D eigenvalue weighted by Crippen LogP contribution is 2.47. The van der Waals surface area contributed by atoms with Gasteiger partial charge in [-0.15, -0.1) is 5.10 Å². The zero-order valence-corrected chi connectivity index (χ0v) is 9.95. The molecule has 0 aromatic carbocycles. The first-order valence-electron chi connectivity index (χ1n) is 6.08. The molecule has 0 unspecified atom stereocenters. The van der Waals surface area contributed by atoms with Crippen LogP contribution in [-0.2, 0) is 13.1 Å². The van der Waals surface area contributed by atoms with E-state index in [4.69, 9.17) is 5.73 Å². The highest BCUT2D eigenvalue weighted by molar-refractivity contribution is 4.93. The van der Waals surface area contributed by atoms with Gasteiger partial charge in [0.1, 0.15) is 0 Å². The van der Waals surface area contributed by atoms with E-state index < -0.39 is 0 Å². The molecule has 5 nitrogen and oxygen atoms in total. The Labute approximate surface area is 96.4 Å². The van der Waals surface area contributed by atoms with Gasteiger partial charge in [-0.25, -0.2) is 0 Å². The molecule has 0 atom stereocenters. The van der Waals surface area contributed by atoms with Crippen molar-refractivity contribution in [2.24, 2.45) is 11.1 Å². The Bertz CT molecular complexity index is 329. The summed E-state index contributed by atoms with van der Waals surface area (Å²) in [6.07, 6.45) is 5.98. The van der Waals surface area contributed by atoms with E-state index in [9.17, 15) is 0 Å². The van der Waals surface area contributed by atoms with Crippen molar-refractivity contribution in [3.05, 3.63) is 11.9 Å². The predicted octanol–water partition coefficient (Wildman–Crippen LogP) is 0.517. The van der Waals surface area contributed by atoms with E-state index in [1.165, 1.54) is 19.3 Å². The van der Waals surface area contributed by atoms with Gasteiger partial charge in [-0.05, 0) is 24.7 Å². The van der Waals surface area contributed by atoms with Gasteiger partial charge in [0.2, 0.25) is 0 Å². The Balaban J connectivity index is 1.64. The maximum absolute atomic E-state index is 5.47. The second kappa shape index (κ2) is 4.93. The van der Waals surface area contributed by atoms with Gasteiger partial charge in [0, 0.05) is 25.8 Å². The highest BCUT2D eigenvalue weighted by atomic mass is 15.4. The van der Waals surface area contributed by atoms with Crippen LogP contribution in [-0.4, -0.2) is 28.1 Å². The van der Waals surface area contributed by atoms with Crippen LogP contribution in [0, 0.1) is 5.41 Å². The van der Waals surface area contributed by atoms with Crippen LogP contribution >= 0.6 is 0 Å². The van der Waals surface area contributed by atoms with Crippen molar-refractivity contribution in [1.82, 2.24) is 20.3 Å². The summed E-state index contributed by atoms with van der Waals surface area (Å²) >= 11 is 0. The monoisotopic (exact) mass is 223 g/mol. The molecular formula is C11H21N5. The molecule has 1 aromatic heterocycles. The van der Waals surface area contributed by atoms with Crippen LogP contribution in [0.5, 0.6) is 0 Å². The highest BCUT2D eigenvalue weighted by Gasteiger charge is 2.39. The van der Waals surface area contributed by atoms with Gasteiger partial charge in [0.15, 0.2) is 0 Å². The molecule has 0 spiro atoms. The summed E-state index contributed by atoms with van der Waals surface area (Å²) < 4.78 is 1.85. The van der Waals surface area contributed by atoms with Gasteiger partial charge in [-0.1, -0.05) is 12.1 Å². The fourth-order valence-electron chi connectivity index (χ4n) is 1.92. The van der Waals surface area contributed by atoms with E-state index >= 15 is 0 Å². The first-order chi connectivity index (χ1) is 7.78. The molecule has 0 saturated heterocycles. The van der Waals surface area contributed by atoms with Gasteiger partial charge in [0.05, 0.1) is 12.2 Å². The van der Waals surface area contributed by atoms with Crippen LogP contribution in [0.25, 0.3) is 0 Å². The summed E-state index contributed by atoms with van der Waals surface area (Å²) in [5.41, 5.74) is 6.94. The van der Waals surface area contributed by atoms with Gasteiger partial charge in [-0.3, -0.25) is 4.68 Å². The topological polar surface area (TPSA) is 68.8 Å². The lowest BCUT2D eigenvalue weighted by Gasteiger charge is -2.12. The number of nitrogens with two attached hydrogens (primary N) is 1. The molecule has 2 rings (SSSR count). The Hall–Kier alpha value is -0.940. The molecule has 1 heterocycles. The first kappa shape index (κ1) is 11.5. The number of hydrogen-bond acceptors (Lipinski definition) is 4. The van der Waals surface area contributed by atoms with Crippen molar-refractivity contribution < 1.29 is 0 Å². The van der Waals surface area contributed by atoms with Gasteiger partial charge < -0.3 is 11.1 Å². The Morgan fingerprint density at radius 3 is 2.94 bits per heavy atom. The maximum Gasteiger partial charge on any atom is 0.0962 e. The quantitative estimate of drug-likeness (QED) is 0.661. The van der Waals surface area contributed by atoms with Crippen LogP contribution in [0.15, 0.2) is 6.20 Å². The summed E-state index contributed by atoms with van der Waals surface area (Å²) in [5.74, 6) is 0. The molecule has 90 valence electrons. The third-order valence-corrected chi connectivity index (χ3v) is 3.52. The minimum absolute atomic E-state index is 0.465. The van der Waals surface area contributed by atoms with Crippen molar-refractivity contribution in [3.63, 3.8) is 0 Å². The molecule has 3 N–H and O–H groups in total. The molecule has 5 heteroatoms. The third-order valence-electron chi connectivity index (χ3n) is 3.52. The van der Waals surface area contributed by atoms with E-state index in [0.717, 1.165) is 25.3 Å². The lowest BCUT2D eigenvalue weighted by Crippen LogP contribution is -2.27. The largest absolute Gasteiger partial charge is 0.325 e. The molecule has 1 aliphatic carbocycles. The number of hydrogen-bond donors (Lipinski definition) is 2. The second-order valence-electron chi connectivity index (χ2n) is 4.71. The molecule has 0 amide bonds. The molecule has 0 bridgehead atoms. The fraction of sp³-hybridized carbons (Fsp3) is 0.818.